The Labute approximate surface area is 127 Å². The maximum atomic E-state index is 11.7. The summed E-state index contributed by atoms with van der Waals surface area (Å²) in [4.78, 5) is 23.1. The van der Waals surface area contributed by atoms with E-state index in [1.807, 2.05) is 0 Å². The highest BCUT2D eigenvalue weighted by atomic mass is 16.6. The Balaban J connectivity index is 2.52. The van der Waals surface area contributed by atoms with Crippen LogP contribution in [0.3, 0.4) is 0 Å². The molecule has 0 radical (unpaired) electrons. The molecule has 1 rings (SSSR count). The number of ether oxygens (including phenoxy) is 1. The molecule has 1 fully saturated rings. The summed E-state index contributed by atoms with van der Waals surface area (Å²) in [6.07, 6.45) is 8.01. The Morgan fingerprint density at radius 3 is 2.14 bits per heavy atom. The van der Waals surface area contributed by atoms with E-state index in [-0.39, 0.29) is 0 Å². The maximum absolute atomic E-state index is 11.7. The van der Waals surface area contributed by atoms with Crippen LogP contribution >= 0.6 is 0 Å². The minimum absolute atomic E-state index is 0.376. The summed E-state index contributed by atoms with van der Waals surface area (Å²) in [5.74, 6) is -0.607. The normalized spacial score (nSPS) is 19.2. The second kappa shape index (κ2) is 8.25. The Morgan fingerprint density at radius 1 is 1.14 bits per heavy atom. The van der Waals surface area contributed by atoms with Gasteiger partial charge in [0.05, 0.1) is 0 Å². The molecule has 0 aromatic heterocycles. The van der Waals surface area contributed by atoms with Crippen LogP contribution in [0.1, 0.15) is 72.1 Å². The molecule has 0 heterocycles. The average Bonchev–Trinajstić information content (AvgIpc) is 2.28. The quantitative estimate of drug-likeness (QED) is 0.829. The molecule has 0 aromatic carbocycles. The molecule has 1 aliphatic carbocycles. The number of carboxylic acids is 1. The van der Waals surface area contributed by atoms with Crippen molar-refractivity contribution in [2.45, 2.75) is 83.8 Å². The van der Waals surface area contributed by atoms with Gasteiger partial charge in [-0.05, 0) is 33.1 Å². The zero-order valence-electron chi connectivity index (χ0n) is 13.5. The molecule has 1 saturated carbocycles. The van der Waals surface area contributed by atoms with Crippen molar-refractivity contribution >= 4 is 12.1 Å². The van der Waals surface area contributed by atoms with Crippen LogP contribution in [0.25, 0.3) is 0 Å². The van der Waals surface area contributed by atoms with Gasteiger partial charge in [-0.1, -0.05) is 44.9 Å². The first-order valence-electron chi connectivity index (χ1n) is 8.00. The Hall–Kier alpha value is -1.26. The van der Waals surface area contributed by atoms with Crippen LogP contribution in [-0.4, -0.2) is 28.8 Å². The van der Waals surface area contributed by atoms with Crippen LogP contribution < -0.4 is 5.32 Å². The third-order valence-electron chi connectivity index (χ3n) is 3.78. The largest absolute Gasteiger partial charge is 0.480 e. The topological polar surface area (TPSA) is 75.6 Å². The molecule has 5 nitrogen and oxygen atoms in total. The highest BCUT2D eigenvalue weighted by Gasteiger charge is 2.26. The zero-order valence-corrected chi connectivity index (χ0v) is 13.5. The molecule has 21 heavy (non-hydrogen) atoms. The van der Waals surface area contributed by atoms with E-state index in [0.29, 0.717) is 12.3 Å². The van der Waals surface area contributed by atoms with Gasteiger partial charge in [-0.25, -0.2) is 9.59 Å². The number of nitrogens with one attached hydrogen (secondary N) is 1. The second-order valence-electron chi connectivity index (χ2n) is 6.98. The number of aliphatic carboxylic acids is 1. The standard InChI is InChI=1S/C16H29NO4/c1-16(2,3)21-15(20)17-13(14(18)19)11-12-9-7-5-4-6-8-10-12/h12-13H,4-11H2,1-3H3,(H,17,20)(H,18,19). The minimum atomic E-state index is -0.983. The van der Waals surface area contributed by atoms with Crippen molar-refractivity contribution in [3.63, 3.8) is 0 Å². The first kappa shape index (κ1) is 17.8. The predicted octanol–water partition coefficient (Wildman–Crippen LogP) is 3.71. The number of hydrogen-bond acceptors (Lipinski definition) is 3. The fourth-order valence-corrected chi connectivity index (χ4v) is 2.78. The van der Waals surface area contributed by atoms with Crippen LogP contribution in [0, 0.1) is 5.92 Å². The minimum Gasteiger partial charge on any atom is -0.480 e. The molecular formula is C16H29NO4. The molecule has 2 N–H and O–H groups in total. The lowest BCUT2D eigenvalue weighted by Gasteiger charge is -2.25. The third kappa shape index (κ3) is 7.93. The lowest BCUT2D eigenvalue weighted by Crippen LogP contribution is -2.44. The summed E-state index contributed by atoms with van der Waals surface area (Å²) in [7, 11) is 0. The maximum Gasteiger partial charge on any atom is 0.408 e. The first-order valence-corrected chi connectivity index (χ1v) is 8.00. The molecule has 0 bridgehead atoms. The van der Waals surface area contributed by atoms with Crippen molar-refractivity contribution in [3.05, 3.63) is 0 Å². The Kier molecular flexibility index (Phi) is 6.99. The van der Waals surface area contributed by atoms with Gasteiger partial charge < -0.3 is 15.2 Å². The Morgan fingerprint density at radius 2 is 1.67 bits per heavy atom. The van der Waals surface area contributed by atoms with Gasteiger partial charge >= 0.3 is 12.1 Å². The predicted molar refractivity (Wildman–Crippen MR) is 81.2 cm³/mol. The third-order valence-corrected chi connectivity index (χ3v) is 3.78. The van der Waals surface area contributed by atoms with E-state index in [1.54, 1.807) is 20.8 Å². The van der Waals surface area contributed by atoms with Crippen LogP contribution in [0.5, 0.6) is 0 Å². The van der Waals surface area contributed by atoms with Gasteiger partial charge in [0.1, 0.15) is 11.6 Å². The van der Waals surface area contributed by atoms with E-state index in [9.17, 15) is 14.7 Å². The summed E-state index contributed by atoms with van der Waals surface area (Å²) in [5, 5.41) is 11.8. The van der Waals surface area contributed by atoms with Crippen molar-refractivity contribution in [1.29, 1.82) is 0 Å². The van der Waals surface area contributed by atoms with E-state index >= 15 is 0 Å². The summed E-state index contributed by atoms with van der Waals surface area (Å²) in [5.41, 5.74) is -0.618. The highest BCUT2D eigenvalue weighted by Crippen LogP contribution is 2.26. The van der Waals surface area contributed by atoms with E-state index in [0.717, 1.165) is 25.7 Å². The van der Waals surface area contributed by atoms with Crippen molar-refractivity contribution in [3.8, 4) is 0 Å². The number of carbonyl (C=O) groups excluding carboxylic acids is 1. The van der Waals surface area contributed by atoms with Gasteiger partial charge in [0.15, 0.2) is 0 Å². The van der Waals surface area contributed by atoms with Gasteiger partial charge in [0.25, 0.3) is 0 Å². The zero-order chi connectivity index (χ0) is 15.9. The van der Waals surface area contributed by atoms with Crippen molar-refractivity contribution in [1.82, 2.24) is 5.32 Å². The van der Waals surface area contributed by atoms with E-state index in [2.05, 4.69) is 5.32 Å². The van der Waals surface area contributed by atoms with Crippen molar-refractivity contribution in [2.24, 2.45) is 5.92 Å². The molecule has 5 heteroatoms. The fourth-order valence-electron chi connectivity index (χ4n) is 2.78. The Bertz CT molecular complexity index is 341. The average molecular weight is 299 g/mol. The first-order chi connectivity index (χ1) is 9.78. The van der Waals surface area contributed by atoms with E-state index in [1.165, 1.54) is 19.3 Å². The number of carbonyl (C=O) groups is 2. The molecule has 1 amide bonds. The van der Waals surface area contributed by atoms with Gasteiger partial charge in [0, 0.05) is 0 Å². The molecular weight excluding hydrogens is 270 g/mol. The fraction of sp³-hybridized carbons (Fsp3) is 0.875. The SMILES string of the molecule is CC(C)(C)OC(=O)NC(CC1CCCCCCC1)C(=O)O. The number of amides is 1. The molecule has 0 saturated heterocycles. The summed E-state index contributed by atoms with van der Waals surface area (Å²) in [6, 6.07) is -0.857. The molecule has 1 aliphatic rings. The van der Waals surface area contributed by atoms with E-state index < -0.39 is 23.7 Å². The van der Waals surface area contributed by atoms with Crippen LogP contribution in [-0.2, 0) is 9.53 Å². The van der Waals surface area contributed by atoms with Gasteiger partial charge in [0.2, 0.25) is 0 Å². The molecule has 0 spiro atoms. The number of hydrogen-bond donors (Lipinski definition) is 2. The lowest BCUT2D eigenvalue weighted by atomic mass is 9.86. The smallest absolute Gasteiger partial charge is 0.408 e. The monoisotopic (exact) mass is 299 g/mol. The molecule has 1 unspecified atom stereocenters. The van der Waals surface area contributed by atoms with Gasteiger partial charge in [-0.3, -0.25) is 0 Å². The molecule has 1 atom stereocenters. The van der Waals surface area contributed by atoms with Crippen LogP contribution in [0.4, 0.5) is 4.79 Å². The number of rotatable bonds is 4. The molecule has 0 aliphatic heterocycles. The van der Waals surface area contributed by atoms with Gasteiger partial charge in [-0.2, -0.15) is 0 Å². The second-order valence-corrected chi connectivity index (χ2v) is 6.98. The molecule has 0 aromatic rings. The lowest BCUT2D eigenvalue weighted by molar-refractivity contribution is -0.140. The van der Waals surface area contributed by atoms with Crippen LogP contribution in [0.15, 0.2) is 0 Å². The van der Waals surface area contributed by atoms with Gasteiger partial charge in [-0.15, -0.1) is 0 Å². The van der Waals surface area contributed by atoms with E-state index in [4.69, 9.17) is 4.74 Å². The van der Waals surface area contributed by atoms with Crippen LogP contribution in [0.2, 0.25) is 0 Å². The van der Waals surface area contributed by atoms with Crippen molar-refractivity contribution < 1.29 is 19.4 Å². The highest BCUT2D eigenvalue weighted by molar-refractivity contribution is 5.80. The number of carboxylic acid groups (broad SMARTS) is 1. The number of alkyl carbamates (subject to hydrolysis) is 1. The summed E-state index contributed by atoms with van der Waals surface area (Å²) >= 11 is 0. The van der Waals surface area contributed by atoms with Crippen molar-refractivity contribution in [2.75, 3.05) is 0 Å². The molecule has 122 valence electrons. The summed E-state index contributed by atoms with van der Waals surface area (Å²) < 4.78 is 5.14. The summed E-state index contributed by atoms with van der Waals surface area (Å²) in [6.45, 7) is 5.28.